The van der Waals surface area contributed by atoms with E-state index in [-0.39, 0.29) is 18.0 Å². The van der Waals surface area contributed by atoms with E-state index in [4.69, 9.17) is 9.47 Å². The normalized spacial score (nSPS) is 19.0. The standard InChI is InChI=1S/C12H21NO4/c1-2-16-12(15)6-3-7-13-11(14)9-10-5-4-8-17-10/h10H,2-9H2,1H3,(H,13,14). The Hall–Kier alpha value is -1.10. The first-order valence-electron chi connectivity index (χ1n) is 6.26. The van der Waals surface area contributed by atoms with E-state index in [0.717, 1.165) is 19.4 Å². The third kappa shape index (κ3) is 6.26. The largest absolute Gasteiger partial charge is 0.466 e. The Balaban J connectivity index is 1.98. The van der Waals surface area contributed by atoms with E-state index in [1.165, 1.54) is 0 Å². The van der Waals surface area contributed by atoms with Gasteiger partial charge in [-0.05, 0) is 26.2 Å². The monoisotopic (exact) mass is 243 g/mol. The van der Waals surface area contributed by atoms with Crippen LogP contribution in [-0.4, -0.2) is 37.7 Å². The highest BCUT2D eigenvalue weighted by Crippen LogP contribution is 2.14. The number of esters is 1. The number of amides is 1. The van der Waals surface area contributed by atoms with Gasteiger partial charge in [0.25, 0.3) is 0 Å². The van der Waals surface area contributed by atoms with E-state index in [2.05, 4.69) is 5.32 Å². The third-order valence-corrected chi connectivity index (χ3v) is 2.62. The maximum Gasteiger partial charge on any atom is 0.305 e. The van der Waals surface area contributed by atoms with Crippen molar-refractivity contribution in [3.63, 3.8) is 0 Å². The van der Waals surface area contributed by atoms with Gasteiger partial charge >= 0.3 is 5.97 Å². The average molecular weight is 243 g/mol. The Kier molecular flexibility index (Phi) is 6.62. The van der Waals surface area contributed by atoms with Crippen LogP contribution >= 0.6 is 0 Å². The summed E-state index contributed by atoms with van der Waals surface area (Å²) in [6.07, 6.45) is 3.50. The van der Waals surface area contributed by atoms with Crippen molar-refractivity contribution in [2.75, 3.05) is 19.8 Å². The number of carbonyl (C=O) groups excluding carboxylic acids is 2. The van der Waals surface area contributed by atoms with E-state index in [1.54, 1.807) is 6.92 Å². The number of hydrogen-bond acceptors (Lipinski definition) is 4. The molecule has 1 saturated heterocycles. The van der Waals surface area contributed by atoms with Crippen molar-refractivity contribution >= 4 is 11.9 Å². The lowest BCUT2D eigenvalue weighted by Gasteiger charge is -2.09. The lowest BCUT2D eigenvalue weighted by Crippen LogP contribution is -2.28. The second-order valence-corrected chi connectivity index (χ2v) is 4.10. The molecule has 17 heavy (non-hydrogen) atoms. The molecule has 0 saturated carbocycles. The number of carbonyl (C=O) groups is 2. The Morgan fingerprint density at radius 3 is 2.94 bits per heavy atom. The summed E-state index contributed by atoms with van der Waals surface area (Å²) in [5.41, 5.74) is 0. The Morgan fingerprint density at radius 1 is 1.47 bits per heavy atom. The van der Waals surface area contributed by atoms with Crippen LogP contribution in [0.3, 0.4) is 0 Å². The topological polar surface area (TPSA) is 64.6 Å². The van der Waals surface area contributed by atoms with Gasteiger partial charge in [-0.1, -0.05) is 0 Å². The molecule has 1 fully saturated rings. The van der Waals surface area contributed by atoms with Crippen LogP contribution in [0.2, 0.25) is 0 Å². The molecule has 5 heteroatoms. The third-order valence-electron chi connectivity index (χ3n) is 2.62. The minimum absolute atomic E-state index is 0.000703. The predicted octanol–water partition coefficient (Wildman–Crippen LogP) is 1.01. The molecular weight excluding hydrogens is 222 g/mol. The number of rotatable bonds is 7. The molecule has 1 rings (SSSR count). The van der Waals surface area contributed by atoms with Gasteiger partial charge in [-0.3, -0.25) is 9.59 Å². The first kappa shape index (κ1) is 14.0. The van der Waals surface area contributed by atoms with Gasteiger partial charge in [-0.15, -0.1) is 0 Å². The maximum absolute atomic E-state index is 11.5. The fourth-order valence-electron chi connectivity index (χ4n) is 1.78. The maximum atomic E-state index is 11.5. The Labute approximate surface area is 102 Å². The molecule has 98 valence electrons. The van der Waals surface area contributed by atoms with Crippen molar-refractivity contribution in [3.8, 4) is 0 Å². The second-order valence-electron chi connectivity index (χ2n) is 4.10. The summed E-state index contributed by atoms with van der Waals surface area (Å²) in [4.78, 5) is 22.5. The van der Waals surface area contributed by atoms with Crippen LogP contribution in [0, 0.1) is 0 Å². The van der Waals surface area contributed by atoms with Gasteiger partial charge in [0.05, 0.1) is 19.1 Å². The fraction of sp³-hybridized carbons (Fsp3) is 0.833. The molecule has 0 bridgehead atoms. The zero-order valence-corrected chi connectivity index (χ0v) is 10.4. The molecule has 0 radical (unpaired) electrons. The van der Waals surface area contributed by atoms with Crippen molar-refractivity contribution in [2.24, 2.45) is 0 Å². The molecule has 0 aromatic carbocycles. The first-order valence-corrected chi connectivity index (χ1v) is 6.26. The average Bonchev–Trinajstić information content (AvgIpc) is 2.77. The summed E-state index contributed by atoms with van der Waals surface area (Å²) in [6, 6.07) is 0. The number of ether oxygens (including phenoxy) is 2. The van der Waals surface area contributed by atoms with Crippen molar-refractivity contribution in [1.29, 1.82) is 0 Å². The lowest BCUT2D eigenvalue weighted by molar-refractivity contribution is -0.143. The zero-order chi connectivity index (χ0) is 12.5. The van der Waals surface area contributed by atoms with Crippen LogP contribution in [0.15, 0.2) is 0 Å². The molecule has 1 atom stereocenters. The van der Waals surface area contributed by atoms with Crippen LogP contribution in [0.4, 0.5) is 0 Å². The molecule has 1 heterocycles. The van der Waals surface area contributed by atoms with Crippen LogP contribution < -0.4 is 5.32 Å². The predicted molar refractivity (Wildman–Crippen MR) is 62.5 cm³/mol. The molecule has 0 aromatic rings. The summed E-state index contributed by atoms with van der Waals surface area (Å²) < 4.78 is 10.2. The highest BCUT2D eigenvalue weighted by atomic mass is 16.5. The SMILES string of the molecule is CCOC(=O)CCCNC(=O)CC1CCCO1. The quantitative estimate of drug-likeness (QED) is 0.535. The zero-order valence-electron chi connectivity index (χ0n) is 10.4. The summed E-state index contributed by atoms with van der Waals surface area (Å²) in [7, 11) is 0. The Morgan fingerprint density at radius 2 is 2.29 bits per heavy atom. The van der Waals surface area contributed by atoms with Gasteiger partial charge in [-0.2, -0.15) is 0 Å². The Bertz CT molecular complexity index is 249. The van der Waals surface area contributed by atoms with Gasteiger partial charge in [0.1, 0.15) is 0 Å². The van der Waals surface area contributed by atoms with E-state index in [9.17, 15) is 9.59 Å². The minimum Gasteiger partial charge on any atom is -0.466 e. The molecule has 1 amide bonds. The van der Waals surface area contributed by atoms with E-state index >= 15 is 0 Å². The minimum atomic E-state index is -0.208. The van der Waals surface area contributed by atoms with Gasteiger partial charge in [0.2, 0.25) is 5.91 Å². The smallest absolute Gasteiger partial charge is 0.305 e. The molecule has 5 nitrogen and oxygen atoms in total. The fourth-order valence-corrected chi connectivity index (χ4v) is 1.78. The molecule has 0 spiro atoms. The molecule has 0 aliphatic carbocycles. The molecule has 1 unspecified atom stereocenters. The molecule has 1 N–H and O–H groups in total. The lowest BCUT2D eigenvalue weighted by atomic mass is 10.2. The van der Waals surface area contributed by atoms with Crippen molar-refractivity contribution in [2.45, 2.75) is 45.1 Å². The van der Waals surface area contributed by atoms with Gasteiger partial charge in [0.15, 0.2) is 0 Å². The highest BCUT2D eigenvalue weighted by Gasteiger charge is 2.18. The molecular formula is C12H21NO4. The molecule has 1 aliphatic heterocycles. The summed E-state index contributed by atoms with van der Waals surface area (Å²) >= 11 is 0. The highest BCUT2D eigenvalue weighted by molar-refractivity contribution is 5.76. The van der Waals surface area contributed by atoms with Crippen LogP contribution in [0.5, 0.6) is 0 Å². The van der Waals surface area contributed by atoms with Crippen LogP contribution in [-0.2, 0) is 19.1 Å². The summed E-state index contributed by atoms with van der Waals surface area (Å²) in [5, 5.41) is 2.78. The molecule has 0 aromatic heterocycles. The van der Waals surface area contributed by atoms with Crippen molar-refractivity contribution in [1.82, 2.24) is 5.32 Å². The van der Waals surface area contributed by atoms with Crippen LogP contribution in [0.1, 0.15) is 39.0 Å². The van der Waals surface area contributed by atoms with E-state index in [1.807, 2.05) is 0 Å². The summed E-state index contributed by atoms with van der Waals surface area (Å²) in [6.45, 7) is 3.47. The number of hydrogen-bond donors (Lipinski definition) is 1. The van der Waals surface area contributed by atoms with Gasteiger partial charge in [-0.25, -0.2) is 0 Å². The van der Waals surface area contributed by atoms with E-state index in [0.29, 0.717) is 32.4 Å². The molecule has 1 aliphatic rings. The summed E-state index contributed by atoms with van der Waals surface area (Å²) in [5.74, 6) is -0.207. The van der Waals surface area contributed by atoms with Gasteiger partial charge < -0.3 is 14.8 Å². The van der Waals surface area contributed by atoms with Crippen LogP contribution in [0.25, 0.3) is 0 Å². The van der Waals surface area contributed by atoms with Crippen molar-refractivity contribution in [3.05, 3.63) is 0 Å². The van der Waals surface area contributed by atoms with Gasteiger partial charge in [0, 0.05) is 19.6 Å². The second kappa shape index (κ2) is 8.06. The first-order chi connectivity index (χ1) is 8.22. The number of nitrogens with one attached hydrogen (secondary N) is 1. The van der Waals surface area contributed by atoms with E-state index < -0.39 is 0 Å². The van der Waals surface area contributed by atoms with Crippen molar-refractivity contribution < 1.29 is 19.1 Å².